The van der Waals surface area contributed by atoms with E-state index in [-0.39, 0.29) is 66.9 Å². The average Bonchev–Trinajstić information content (AvgIpc) is 3.17. The van der Waals surface area contributed by atoms with E-state index in [0.29, 0.717) is 40.8 Å². The third-order valence-electron chi connectivity index (χ3n) is 6.23. The highest BCUT2D eigenvalue weighted by molar-refractivity contribution is 9.10. The maximum Gasteiger partial charge on any atom is 0.246 e. The molecule has 2 amide bonds. The van der Waals surface area contributed by atoms with E-state index in [1.807, 2.05) is 23.6 Å². The molecule has 0 radical (unpaired) electrons. The molecule has 1 saturated heterocycles. The van der Waals surface area contributed by atoms with Crippen molar-refractivity contribution >= 4 is 96.9 Å². The molecular formula is C24H28BrCl4N5O5S. The molecule has 0 unspecified atom stereocenters. The number of hydrogen-bond donors (Lipinski definition) is 1. The van der Waals surface area contributed by atoms with Crippen molar-refractivity contribution < 1.29 is 22.7 Å². The van der Waals surface area contributed by atoms with Crippen LogP contribution in [0, 0.1) is 6.92 Å². The topological polar surface area (TPSA) is 113 Å². The molecule has 0 bridgehead atoms. The van der Waals surface area contributed by atoms with Crippen molar-refractivity contribution in [1.82, 2.24) is 19.6 Å². The van der Waals surface area contributed by atoms with Crippen LogP contribution in [0.2, 0.25) is 10.0 Å². The lowest BCUT2D eigenvalue weighted by molar-refractivity contribution is -0.125. The van der Waals surface area contributed by atoms with Gasteiger partial charge in [0.25, 0.3) is 0 Å². The summed E-state index contributed by atoms with van der Waals surface area (Å²) < 4.78 is 31.8. The molecule has 1 aromatic carbocycles. The number of nitrogens with one attached hydrogen (secondary N) is 1. The van der Waals surface area contributed by atoms with Crippen molar-refractivity contribution in [3.63, 3.8) is 0 Å². The first-order valence-corrected chi connectivity index (χ1v) is 15.0. The normalized spacial score (nSPS) is 14.6. The maximum atomic E-state index is 12.8. The van der Waals surface area contributed by atoms with E-state index < -0.39 is 15.7 Å². The number of halogens is 5. The summed E-state index contributed by atoms with van der Waals surface area (Å²) in [4.78, 5) is 32.7. The van der Waals surface area contributed by atoms with Crippen LogP contribution >= 0.6 is 63.9 Å². The van der Waals surface area contributed by atoms with Gasteiger partial charge < -0.3 is 15.0 Å². The largest absolute Gasteiger partial charge is 0.485 e. The van der Waals surface area contributed by atoms with E-state index in [9.17, 15) is 18.0 Å². The quantitative estimate of drug-likeness (QED) is 0.376. The number of nitrogens with zero attached hydrogens (tertiary/aromatic N) is 4. The lowest BCUT2D eigenvalue weighted by Crippen LogP contribution is -2.47. The average molecular weight is 720 g/mol. The molecule has 220 valence electrons. The predicted molar refractivity (Wildman–Crippen MR) is 164 cm³/mol. The molecular weight excluding hydrogens is 692 g/mol. The van der Waals surface area contributed by atoms with E-state index in [0.717, 1.165) is 10.3 Å². The third-order valence-corrected chi connectivity index (χ3v) is 9.57. The highest BCUT2D eigenvalue weighted by Gasteiger charge is 2.24. The number of hydrogen-bond acceptors (Lipinski definition) is 7. The van der Waals surface area contributed by atoms with Gasteiger partial charge in [-0.25, -0.2) is 13.4 Å². The van der Waals surface area contributed by atoms with E-state index in [4.69, 9.17) is 27.9 Å². The number of carbonyl (C=O) groups excluding carboxylic acids is 2. The van der Waals surface area contributed by atoms with Gasteiger partial charge in [-0.15, -0.1) is 24.8 Å². The summed E-state index contributed by atoms with van der Waals surface area (Å²) in [5.74, 6) is -0.164. The first-order valence-electron chi connectivity index (χ1n) is 11.7. The minimum atomic E-state index is -3.03. The summed E-state index contributed by atoms with van der Waals surface area (Å²) >= 11 is 16.6. The zero-order valence-corrected chi connectivity index (χ0v) is 27.1. The molecule has 0 saturated carbocycles. The molecule has 16 heteroatoms. The lowest BCUT2D eigenvalue weighted by atomic mass is 10.2. The molecule has 3 aromatic rings. The van der Waals surface area contributed by atoms with Crippen molar-refractivity contribution in [3.8, 4) is 5.75 Å². The molecule has 0 atom stereocenters. The van der Waals surface area contributed by atoms with Gasteiger partial charge in [0.2, 0.25) is 11.8 Å². The second-order valence-corrected chi connectivity index (χ2v) is 12.7. The number of imidazole rings is 1. The summed E-state index contributed by atoms with van der Waals surface area (Å²) in [6.07, 6.45) is 1.86. The second kappa shape index (κ2) is 14.4. The van der Waals surface area contributed by atoms with Crippen LogP contribution in [0.5, 0.6) is 5.75 Å². The first kappa shape index (κ1) is 34.4. The van der Waals surface area contributed by atoms with Crippen molar-refractivity contribution in [2.75, 3.05) is 49.6 Å². The van der Waals surface area contributed by atoms with Gasteiger partial charge in [-0.1, -0.05) is 23.2 Å². The highest BCUT2D eigenvalue weighted by atomic mass is 79.9. The Bertz CT molecular complexity index is 1490. The first-order chi connectivity index (χ1) is 18.0. The number of aryl methyl sites for hydroxylation is 1. The van der Waals surface area contributed by atoms with Gasteiger partial charge in [0.15, 0.2) is 21.2 Å². The summed E-state index contributed by atoms with van der Waals surface area (Å²) in [6.45, 7) is 2.28. The number of anilines is 1. The highest BCUT2D eigenvalue weighted by Crippen LogP contribution is 2.35. The molecule has 1 fully saturated rings. The Morgan fingerprint density at radius 1 is 1.18 bits per heavy atom. The number of aromatic nitrogens is 2. The molecule has 40 heavy (non-hydrogen) atoms. The second-order valence-electron chi connectivity index (χ2n) is 8.86. The molecule has 1 aliphatic heterocycles. The molecule has 1 N–H and O–H groups in total. The number of rotatable bonds is 8. The van der Waals surface area contributed by atoms with E-state index >= 15 is 0 Å². The number of amides is 2. The fourth-order valence-corrected chi connectivity index (χ4v) is 6.22. The fraction of sp³-hybridized carbons (Fsp3) is 0.375. The maximum absolute atomic E-state index is 12.8. The van der Waals surface area contributed by atoms with E-state index in [2.05, 4.69) is 26.2 Å². The Morgan fingerprint density at radius 3 is 2.52 bits per heavy atom. The van der Waals surface area contributed by atoms with Crippen LogP contribution in [0.15, 0.2) is 35.1 Å². The zero-order chi connectivity index (χ0) is 27.6. The van der Waals surface area contributed by atoms with Crippen LogP contribution < -0.4 is 15.0 Å². The zero-order valence-electron chi connectivity index (χ0n) is 21.5. The summed E-state index contributed by atoms with van der Waals surface area (Å²) in [6, 6.07) is 6.88. The Hall–Kier alpha value is -1.80. The molecule has 4 rings (SSSR count). The van der Waals surface area contributed by atoms with Crippen LogP contribution in [0.3, 0.4) is 0 Å². The Balaban J connectivity index is 0.00000280. The number of fused-ring (bicyclic) bond motifs is 1. The van der Waals surface area contributed by atoms with Crippen molar-refractivity contribution in [1.29, 1.82) is 0 Å². The number of benzene rings is 1. The van der Waals surface area contributed by atoms with Crippen molar-refractivity contribution in [3.05, 3.63) is 56.4 Å². The Labute approximate surface area is 263 Å². The van der Waals surface area contributed by atoms with Gasteiger partial charge in [0.05, 0.1) is 41.0 Å². The number of carbonyl (C=O) groups is 2. The lowest BCUT2D eigenvalue weighted by Gasteiger charge is -2.26. The van der Waals surface area contributed by atoms with Gasteiger partial charge in [-0.2, -0.15) is 0 Å². The minimum Gasteiger partial charge on any atom is -0.485 e. The van der Waals surface area contributed by atoms with Crippen LogP contribution in [0.4, 0.5) is 5.69 Å². The van der Waals surface area contributed by atoms with Crippen LogP contribution in [0.25, 0.3) is 5.65 Å². The van der Waals surface area contributed by atoms with Gasteiger partial charge in [-0.05, 0) is 47.1 Å². The number of pyridine rings is 1. The molecule has 10 nitrogen and oxygen atoms in total. The smallest absolute Gasteiger partial charge is 0.246 e. The van der Waals surface area contributed by atoms with Gasteiger partial charge in [0.1, 0.15) is 11.2 Å². The van der Waals surface area contributed by atoms with Crippen LogP contribution in [0.1, 0.15) is 11.3 Å². The standard InChI is InChI=1S/C24H26BrCl2N5O5S.2ClH/c1-15-23(25)32-7-3-4-19(24(32)29-15)37-14-16-17(26)5-6-18(22(16)27)30(2)21(34)12-28-20(33)13-31-8-10-38(35,36)11-9-31;;/h3-7H,8-14H2,1-2H3,(H,28,33);2*1H. The molecule has 3 heterocycles. The number of likely N-dealkylation sites (N-methyl/N-ethyl adjacent to an activating group) is 1. The fourth-order valence-electron chi connectivity index (χ4n) is 3.96. The van der Waals surface area contributed by atoms with Crippen LogP contribution in [-0.4, -0.2) is 79.2 Å². The summed E-state index contributed by atoms with van der Waals surface area (Å²) in [7, 11) is -1.48. The SMILES string of the molecule is Cc1nc2c(OCc3c(Cl)ccc(N(C)C(=O)CNC(=O)CN4CCS(=O)(=O)CC4)c3Cl)cccn2c1Br.Cl.Cl. The molecule has 0 spiro atoms. The molecule has 0 aliphatic carbocycles. The van der Waals surface area contributed by atoms with Gasteiger partial charge >= 0.3 is 0 Å². The molecule has 2 aromatic heterocycles. The summed E-state index contributed by atoms with van der Waals surface area (Å²) in [5, 5.41) is 3.22. The minimum absolute atomic E-state index is 0. The van der Waals surface area contributed by atoms with Crippen molar-refractivity contribution in [2.45, 2.75) is 13.5 Å². The number of ether oxygens (including phenoxy) is 1. The van der Waals surface area contributed by atoms with Gasteiger partial charge in [-0.3, -0.25) is 18.9 Å². The van der Waals surface area contributed by atoms with Gasteiger partial charge in [0, 0.05) is 36.9 Å². The Morgan fingerprint density at radius 2 is 1.85 bits per heavy atom. The van der Waals surface area contributed by atoms with Crippen LogP contribution in [-0.2, 0) is 26.0 Å². The van der Waals surface area contributed by atoms with Crippen molar-refractivity contribution in [2.24, 2.45) is 0 Å². The monoisotopic (exact) mass is 717 g/mol. The Kier molecular flexibility index (Phi) is 12.4. The predicted octanol–water partition coefficient (Wildman–Crippen LogP) is 3.94. The van der Waals surface area contributed by atoms with E-state index in [1.54, 1.807) is 30.1 Å². The van der Waals surface area contributed by atoms with E-state index in [1.165, 1.54) is 4.90 Å². The summed E-state index contributed by atoms with van der Waals surface area (Å²) in [5.41, 5.74) is 2.36. The third kappa shape index (κ3) is 7.93. The molecule has 1 aliphatic rings. The number of sulfone groups is 1.